The number of aliphatic carboxylic acids is 1. The number of carboxylic acid groups (broad SMARTS) is 1. The lowest BCUT2D eigenvalue weighted by molar-refractivity contribution is -0.139. The van der Waals surface area contributed by atoms with Crippen LogP contribution in [0.2, 0.25) is 0 Å². The molecule has 32 heavy (non-hydrogen) atoms. The Bertz CT molecular complexity index is 729. The van der Waals surface area contributed by atoms with Crippen molar-refractivity contribution in [1.29, 1.82) is 0 Å². The second kappa shape index (κ2) is 10.9. The number of aliphatic hydroxyl groups excluding tert-OH is 1. The number of hydrogen-bond donors (Lipinski definition) is 6. The predicted octanol–water partition coefficient (Wildman–Crippen LogP) is -1.59. The molecule has 2 amide bonds. The van der Waals surface area contributed by atoms with Gasteiger partial charge in [0.05, 0.1) is 31.2 Å². The molecule has 1 saturated heterocycles. The number of hydrogen-bond acceptors (Lipinski definition) is 7. The average molecular weight is 456 g/mol. The number of aliphatic imine (C=N–C) groups is 1. The number of fused-ring (bicyclic) bond motifs is 1. The minimum Gasteiger partial charge on any atom is -0.481 e. The molecule has 8 N–H and O–H groups in total. The van der Waals surface area contributed by atoms with Gasteiger partial charge in [-0.25, -0.2) is 0 Å². The fraction of sp³-hybridized carbons (Fsp3) is 0.800. The molecule has 1 heterocycles. The van der Waals surface area contributed by atoms with Gasteiger partial charge in [0.1, 0.15) is 12.9 Å². The third kappa shape index (κ3) is 6.53. The Morgan fingerprint density at radius 3 is 2.62 bits per heavy atom. The Balaban J connectivity index is 1.51. The van der Waals surface area contributed by atoms with Crippen LogP contribution in [0.4, 0.5) is 0 Å². The van der Waals surface area contributed by atoms with Crippen molar-refractivity contribution in [2.24, 2.45) is 28.3 Å². The van der Waals surface area contributed by atoms with Gasteiger partial charge in [0.15, 0.2) is 5.96 Å². The third-order valence-corrected chi connectivity index (χ3v) is 6.45. The van der Waals surface area contributed by atoms with Gasteiger partial charge in [-0.2, -0.15) is 0 Å². The van der Waals surface area contributed by atoms with Crippen LogP contribution in [0.5, 0.6) is 0 Å². The highest BCUT2D eigenvalue weighted by Gasteiger charge is 2.44. The van der Waals surface area contributed by atoms with Gasteiger partial charge in [0.25, 0.3) is 0 Å². The van der Waals surface area contributed by atoms with E-state index in [0.717, 1.165) is 12.8 Å². The molecule has 0 radical (unpaired) electrons. The summed E-state index contributed by atoms with van der Waals surface area (Å²) >= 11 is 0. The monoisotopic (exact) mass is 455 g/mol. The van der Waals surface area contributed by atoms with Crippen LogP contribution in [0.25, 0.3) is 0 Å². The molecule has 3 aliphatic rings. The van der Waals surface area contributed by atoms with Crippen LogP contribution in [0, 0.1) is 11.8 Å². The molecule has 7 unspecified atom stereocenters. The largest absolute Gasteiger partial charge is 0.481 e. The van der Waals surface area contributed by atoms with Gasteiger partial charge in [-0.1, -0.05) is 6.42 Å². The lowest BCUT2D eigenvalue weighted by atomic mass is 9.78. The summed E-state index contributed by atoms with van der Waals surface area (Å²) in [6, 6.07) is -0.806. The zero-order valence-corrected chi connectivity index (χ0v) is 17.9. The molecule has 180 valence electrons. The maximum atomic E-state index is 12.5. The first-order chi connectivity index (χ1) is 15.2. The van der Waals surface area contributed by atoms with E-state index in [1.165, 1.54) is 0 Å². The molecule has 7 atom stereocenters. The summed E-state index contributed by atoms with van der Waals surface area (Å²) in [5.41, 5.74) is 10.8. The number of carbonyl (C=O) groups is 3. The Labute approximate surface area is 186 Å². The summed E-state index contributed by atoms with van der Waals surface area (Å²) in [4.78, 5) is 40.5. The number of guanidine groups is 1. The third-order valence-electron chi connectivity index (χ3n) is 6.45. The molecule has 2 saturated carbocycles. The van der Waals surface area contributed by atoms with E-state index in [1.807, 2.05) is 0 Å². The van der Waals surface area contributed by atoms with Crippen LogP contribution >= 0.6 is 0 Å². The van der Waals surface area contributed by atoms with E-state index >= 15 is 0 Å². The summed E-state index contributed by atoms with van der Waals surface area (Å²) in [6.45, 7) is -0.175. The molecular weight excluding hydrogens is 422 g/mol. The highest BCUT2D eigenvalue weighted by atomic mass is 16.7. The van der Waals surface area contributed by atoms with Gasteiger partial charge < -0.3 is 41.8 Å². The summed E-state index contributed by atoms with van der Waals surface area (Å²) in [6.07, 6.45) is 1.74. The lowest BCUT2D eigenvalue weighted by Gasteiger charge is -2.37. The van der Waals surface area contributed by atoms with Crippen LogP contribution in [-0.2, 0) is 23.9 Å². The molecule has 12 nitrogen and oxygen atoms in total. The molecule has 3 fully saturated rings. The van der Waals surface area contributed by atoms with E-state index in [4.69, 9.17) is 20.9 Å². The molecule has 0 aromatic rings. The zero-order chi connectivity index (χ0) is 23.3. The number of nitrogens with two attached hydrogens (primary N) is 2. The molecule has 0 spiro atoms. The normalized spacial score (nSPS) is 32.9. The molecule has 12 heteroatoms. The zero-order valence-electron chi connectivity index (χ0n) is 17.9. The number of aliphatic hydroxyl groups is 1. The van der Waals surface area contributed by atoms with E-state index in [2.05, 4.69) is 15.6 Å². The first kappa shape index (κ1) is 24.2. The first-order valence-electron chi connectivity index (χ1n) is 11.0. The van der Waals surface area contributed by atoms with Crippen molar-refractivity contribution in [2.45, 2.75) is 75.3 Å². The Morgan fingerprint density at radius 1 is 1.12 bits per heavy atom. The van der Waals surface area contributed by atoms with Crippen LogP contribution in [0.3, 0.4) is 0 Å². The first-order valence-corrected chi connectivity index (χ1v) is 11.0. The van der Waals surface area contributed by atoms with Crippen molar-refractivity contribution in [1.82, 2.24) is 10.6 Å². The van der Waals surface area contributed by atoms with Crippen molar-refractivity contribution in [3.8, 4) is 0 Å². The number of ether oxygens (including phenoxy) is 2. The Hall–Kier alpha value is -2.44. The lowest BCUT2D eigenvalue weighted by Crippen LogP contribution is -2.52. The van der Waals surface area contributed by atoms with E-state index in [9.17, 15) is 24.6 Å². The van der Waals surface area contributed by atoms with Crippen LogP contribution in [0.15, 0.2) is 4.99 Å². The summed E-state index contributed by atoms with van der Waals surface area (Å²) in [7, 11) is 0. The molecule has 0 aromatic carbocycles. The second-order valence-electron chi connectivity index (χ2n) is 8.81. The van der Waals surface area contributed by atoms with Gasteiger partial charge >= 0.3 is 5.97 Å². The molecule has 2 aliphatic carbocycles. The molecule has 0 aromatic heterocycles. The fourth-order valence-electron chi connectivity index (χ4n) is 4.96. The van der Waals surface area contributed by atoms with Crippen molar-refractivity contribution >= 4 is 23.7 Å². The number of nitrogens with zero attached hydrogens (tertiary/aromatic N) is 1. The van der Waals surface area contributed by atoms with Crippen molar-refractivity contribution < 1.29 is 34.1 Å². The van der Waals surface area contributed by atoms with Crippen LogP contribution < -0.4 is 22.1 Å². The van der Waals surface area contributed by atoms with Gasteiger partial charge in [-0.05, 0) is 38.0 Å². The Kier molecular flexibility index (Phi) is 8.26. The highest BCUT2D eigenvalue weighted by Crippen LogP contribution is 2.35. The fourth-order valence-corrected chi connectivity index (χ4v) is 4.96. The summed E-state index contributed by atoms with van der Waals surface area (Å²) in [5.74, 6) is -2.38. The summed E-state index contributed by atoms with van der Waals surface area (Å²) < 4.78 is 10.8. The van der Waals surface area contributed by atoms with Crippen LogP contribution in [0.1, 0.15) is 44.9 Å². The van der Waals surface area contributed by atoms with Gasteiger partial charge in [0.2, 0.25) is 11.8 Å². The topological polar surface area (TPSA) is 199 Å². The van der Waals surface area contributed by atoms with Crippen molar-refractivity contribution in [3.63, 3.8) is 0 Å². The molecule has 0 bridgehead atoms. The second-order valence-corrected chi connectivity index (χ2v) is 8.81. The average Bonchev–Trinajstić information content (AvgIpc) is 3.20. The number of nitrogens with one attached hydrogen (secondary N) is 2. The van der Waals surface area contributed by atoms with Crippen LogP contribution in [-0.4, -0.2) is 77.7 Å². The minimum absolute atomic E-state index is 0.00590. The number of amides is 2. The maximum absolute atomic E-state index is 12.5. The quantitative estimate of drug-likeness (QED) is 0.184. The number of carboxylic acids is 1. The minimum atomic E-state index is -1.06. The van der Waals surface area contributed by atoms with Crippen molar-refractivity contribution in [3.05, 3.63) is 0 Å². The van der Waals surface area contributed by atoms with Gasteiger partial charge in [0, 0.05) is 12.0 Å². The maximum Gasteiger partial charge on any atom is 0.305 e. The van der Waals surface area contributed by atoms with Gasteiger partial charge in [-0.15, -0.1) is 0 Å². The van der Waals surface area contributed by atoms with E-state index < -0.39 is 30.1 Å². The smallest absolute Gasteiger partial charge is 0.305 e. The molecule has 3 rings (SSSR count). The van der Waals surface area contributed by atoms with Gasteiger partial charge in [-0.3, -0.25) is 19.4 Å². The van der Waals surface area contributed by atoms with E-state index in [1.54, 1.807) is 0 Å². The standard InChI is InChI=1S/C20H33N5O7/c21-20(22)24-12-3-1-2-10(4-12)19(30)23-8-16(27)25-13(7-17(28)29)11-5-14(26)18-15(6-11)31-9-32-18/h10-15,18,26H,1-9H2,(H,23,30)(H,25,27)(H,28,29)(H4,21,22,24). The van der Waals surface area contributed by atoms with E-state index in [0.29, 0.717) is 25.7 Å². The molecular formula is C20H33N5O7. The number of carbonyl (C=O) groups excluding carboxylic acids is 2. The SMILES string of the molecule is NC(N)=NC1CCCC(C(=O)NCC(=O)NC(CC(=O)O)C2CC(O)C3OCOC3C2)C1. The highest BCUT2D eigenvalue weighted by molar-refractivity contribution is 5.86. The molecule has 1 aliphatic heterocycles. The summed E-state index contributed by atoms with van der Waals surface area (Å²) in [5, 5.41) is 24.9. The Morgan fingerprint density at radius 2 is 1.91 bits per heavy atom. The van der Waals surface area contributed by atoms with Crippen molar-refractivity contribution in [2.75, 3.05) is 13.3 Å². The number of rotatable bonds is 8. The van der Waals surface area contributed by atoms with E-state index in [-0.39, 0.29) is 55.6 Å². The predicted molar refractivity (Wildman–Crippen MR) is 112 cm³/mol.